The van der Waals surface area contributed by atoms with Crippen LogP contribution in [0.2, 0.25) is 0 Å². The zero-order chi connectivity index (χ0) is 9.97. The van der Waals surface area contributed by atoms with Gasteiger partial charge in [-0.1, -0.05) is 0 Å². The van der Waals surface area contributed by atoms with Crippen LogP contribution in [0, 0.1) is 11.7 Å². The van der Waals surface area contributed by atoms with E-state index in [1.165, 1.54) is 12.1 Å². The second-order valence-corrected chi connectivity index (χ2v) is 4.19. The van der Waals surface area contributed by atoms with Gasteiger partial charge in [0.05, 0.1) is 0 Å². The Kier molecular flexibility index (Phi) is 3.03. The van der Waals surface area contributed by atoms with E-state index >= 15 is 0 Å². The molecule has 0 aromatic carbocycles. The Morgan fingerprint density at radius 3 is 3.07 bits per heavy atom. The molecule has 1 aliphatic rings. The molecule has 1 aromatic heterocycles. The Morgan fingerprint density at radius 2 is 2.36 bits per heavy atom. The van der Waals surface area contributed by atoms with Crippen molar-refractivity contribution in [2.24, 2.45) is 0 Å². The first-order valence-electron chi connectivity index (χ1n) is 5.13. The molecule has 1 fully saturated rings. The highest BCUT2D eigenvalue weighted by Gasteiger charge is 2.16. The molecule has 0 bridgehead atoms. The summed E-state index contributed by atoms with van der Waals surface area (Å²) in [6.07, 6.45) is 5.37. The Balaban J connectivity index is 2.24. The third kappa shape index (κ3) is 1.91. The maximum Gasteiger partial charge on any atom is 0.177 e. The van der Waals surface area contributed by atoms with E-state index in [-0.39, 0.29) is 0 Å². The molecular formula is C10H16N2OS. The van der Waals surface area contributed by atoms with Crippen LogP contribution in [0.15, 0.2) is 6.20 Å². The predicted molar refractivity (Wildman–Crippen MR) is 58.1 cm³/mol. The Morgan fingerprint density at radius 1 is 1.50 bits per heavy atom. The second-order valence-electron chi connectivity index (χ2n) is 3.80. The lowest BCUT2D eigenvalue weighted by Gasteiger charge is -2.16. The topological polar surface area (TPSA) is 29.9 Å². The molecular weight excluding hydrogens is 196 g/mol. The molecule has 3 nitrogen and oxygen atoms in total. The van der Waals surface area contributed by atoms with E-state index in [0.717, 1.165) is 30.8 Å². The number of H-pyrrole nitrogens is 1. The monoisotopic (exact) mass is 212 g/mol. The fourth-order valence-electron chi connectivity index (χ4n) is 2.06. The van der Waals surface area contributed by atoms with Crippen molar-refractivity contribution in [3.05, 3.63) is 16.7 Å². The summed E-state index contributed by atoms with van der Waals surface area (Å²) in [7, 11) is 0. The number of nitrogens with one attached hydrogen (secondary N) is 1. The number of aromatic amines is 1. The molecule has 2 heterocycles. The van der Waals surface area contributed by atoms with Gasteiger partial charge in [0.2, 0.25) is 0 Å². The smallest absolute Gasteiger partial charge is 0.177 e. The Labute approximate surface area is 89.1 Å². The van der Waals surface area contributed by atoms with Crippen molar-refractivity contribution in [1.29, 1.82) is 0 Å². The lowest BCUT2D eigenvalue weighted by molar-refractivity contribution is 0.141. The maximum atomic E-state index is 5.44. The highest BCUT2D eigenvalue weighted by molar-refractivity contribution is 7.71. The molecule has 1 atom stereocenters. The van der Waals surface area contributed by atoms with Crippen LogP contribution >= 0.6 is 12.2 Å². The molecule has 1 aliphatic heterocycles. The first-order chi connectivity index (χ1) is 6.79. The highest BCUT2D eigenvalue weighted by Crippen LogP contribution is 2.23. The van der Waals surface area contributed by atoms with Gasteiger partial charge in [-0.2, -0.15) is 0 Å². The minimum absolute atomic E-state index is 0.524. The van der Waals surface area contributed by atoms with Crippen molar-refractivity contribution in [1.82, 2.24) is 9.55 Å². The van der Waals surface area contributed by atoms with Crippen LogP contribution in [-0.4, -0.2) is 22.8 Å². The second kappa shape index (κ2) is 4.28. The summed E-state index contributed by atoms with van der Waals surface area (Å²) in [4.78, 5) is 3.09. The number of imidazole rings is 1. The van der Waals surface area contributed by atoms with Crippen molar-refractivity contribution in [3.63, 3.8) is 0 Å². The van der Waals surface area contributed by atoms with Gasteiger partial charge in [0, 0.05) is 31.1 Å². The van der Waals surface area contributed by atoms with E-state index < -0.39 is 0 Å². The third-order valence-corrected chi connectivity index (χ3v) is 3.10. The summed E-state index contributed by atoms with van der Waals surface area (Å²) >= 11 is 5.26. The van der Waals surface area contributed by atoms with Crippen LogP contribution in [-0.2, 0) is 4.74 Å². The number of aromatic nitrogens is 2. The number of hydrogen-bond acceptors (Lipinski definition) is 2. The van der Waals surface area contributed by atoms with Crippen LogP contribution in [0.1, 0.15) is 31.0 Å². The van der Waals surface area contributed by atoms with Gasteiger partial charge in [-0.3, -0.25) is 0 Å². The molecule has 4 heteroatoms. The molecule has 1 aromatic rings. The normalized spacial score (nSPS) is 23.4. The van der Waals surface area contributed by atoms with E-state index in [2.05, 4.69) is 16.5 Å². The number of ether oxygens (including phenoxy) is 1. The molecule has 1 N–H and O–H groups in total. The summed E-state index contributed by atoms with van der Waals surface area (Å²) in [5, 5.41) is 0. The molecule has 2 rings (SSSR count). The van der Waals surface area contributed by atoms with E-state index in [4.69, 9.17) is 17.0 Å². The first kappa shape index (κ1) is 9.93. The molecule has 0 radical (unpaired) electrons. The van der Waals surface area contributed by atoms with Gasteiger partial charge in [-0.25, -0.2) is 0 Å². The third-order valence-electron chi connectivity index (χ3n) is 2.79. The van der Waals surface area contributed by atoms with Crippen molar-refractivity contribution >= 4 is 12.2 Å². The molecule has 0 saturated carbocycles. The summed E-state index contributed by atoms with van der Waals surface area (Å²) in [6.45, 7) is 3.85. The fraction of sp³-hybridized carbons (Fsp3) is 0.700. The molecule has 0 aliphatic carbocycles. The summed E-state index contributed by atoms with van der Waals surface area (Å²) in [6, 6.07) is 0.524. The van der Waals surface area contributed by atoms with Crippen LogP contribution in [0.3, 0.4) is 0 Å². The standard InChI is InChI=1S/C10H16N2OS/c1-8-7-11-10(14)12(8)9-3-2-5-13-6-4-9/h7,9H,2-6H2,1H3,(H,11,14). The first-order valence-corrected chi connectivity index (χ1v) is 5.54. The van der Waals surface area contributed by atoms with Gasteiger partial charge in [-0.15, -0.1) is 0 Å². The van der Waals surface area contributed by atoms with Crippen LogP contribution < -0.4 is 0 Å². The number of aryl methyl sites for hydroxylation is 1. The SMILES string of the molecule is Cc1c[nH]c(=S)n1C1CCCOCC1. The average molecular weight is 212 g/mol. The molecule has 0 spiro atoms. The summed E-state index contributed by atoms with van der Waals surface area (Å²) < 4.78 is 8.51. The Hall–Kier alpha value is -0.610. The quantitative estimate of drug-likeness (QED) is 0.725. The van der Waals surface area contributed by atoms with Crippen LogP contribution in [0.4, 0.5) is 0 Å². The number of nitrogens with zero attached hydrogens (tertiary/aromatic N) is 1. The van der Waals surface area contributed by atoms with Gasteiger partial charge < -0.3 is 14.3 Å². The van der Waals surface area contributed by atoms with Crippen LogP contribution in [0.5, 0.6) is 0 Å². The van der Waals surface area contributed by atoms with E-state index in [1.807, 2.05) is 6.20 Å². The van der Waals surface area contributed by atoms with Gasteiger partial charge >= 0.3 is 0 Å². The molecule has 0 amide bonds. The summed E-state index contributed by atoms with van der Waals surface area (Å²) in [5.41, 5.74) is 1.22. The van der Waals surface area contributed by atoms with Crippen LogP contribution in [0.25, 0.3) is 0 Å². The molecule has 14 heavy (non-hydrogen) atoms. The predicted octanol–water partition coefficient (Wildman–Crippen LogP) is 2.60. The van der Waals surface area contributed by atoms with Crippen molar-refractivity contribution in [2.75, 3.05) is 13.2 Å². The molecule has 1 unspecified atom stereocenters. The van der Waals surface area contributed by atoms with E-state index in [0.29, 0.717) is 6.04 Å². The van der Waals surface area contributed by atoms with Gasteiger partial charge in [0.15, 0.2) is 4.77 Å². The lowest BCUT2D eigenvalue weighted by Crippen LogP contribution is -2.11. The van der Waals surface area contributed by atoms with E-state index in [1.54, 1.807) is 0 Å². The highest BCUT2D eigenvalue weighted by atomic mass is 32.1. The van der Waals surface area contributed by atoms with Gasteiger partial charge in [0.25, 0.3) is 0 Å². The Bertz CT molecular complexity index is 347. The molecule has 1 saturated heterocycles. The molecule has 78 valence electrons. The van der Waals surface area contributed by atoms with Crippen molar-refractivity contribution in [3.8, 4) is 0 Å². The zero-order valence-electron chi connectivity index (χ0n) is 8.45. The lowest BCUT2D eigenvalue weighted by atomic mass is 10.1. The zero-order valence-corrected chi connectivity index (χ0v) is 9.27. The fourth-order valence-corrected chi connectivity index (χ4v) is 2.42. The van der Waals surface area contributed by atoms with Gasteiger partial charge in [-0.05, 0) is 38.4 Å². The largest absolute Gasteiger partial charge is 0.381 e. The number of rotatable bonds is 1. The van der Waals surface area contributed by atoms with Gasteiger partial charge in [0.1, 0.15) is 0 Å². The van der Waals surface area contributed by atoms with Crippen molar-refractivity contribution < 1.29 is 4.74 Å². The number of hydrogen-bond donors (Lipinski definition) is 1. The van der Waals surface area contributed by atoms with Crippen molar-refractivity contribution in [2.45, 2.75) is 32.2 Å². The minimum Gasteiger partial charge on any atom is -0.381 e. The maximum absolute atomic E-state index is 5.44. The van der Waals surface area contributed by atoms with E-state index in [9.17, 15) is 0 Å². The minimum atomic E-state index is 0.524. The summed E-state index contributed by atoms with van der Waals surface area (Å²) in [5.74, 6) is 0. The average Bonchev–Trinajstić information content (AvgIpc) is 2.45.